The molecule has 2 heterocycles. The first-order valence-electron chi connectivity index (χ1n) is 22.1. The highest BCUT2D eigenvalue weighted by Gasteiger charge is 2.20. The summed E-state index contributed by atoms with van der Waals surface area (Å²) in [6.45, 7) is 14.1. The second-order valence-electron chi connectivity index (χ2n) is 17.7. The first-order valence-corrected chi connectivity index (χ1v) is 22.1. The second-order valence-corrected chi connectivity index (χ2v) is 17.7. The predicted molar refractivity (Wildman–Crippen MR) is 248 cm³/mol. The second kappa shape index (κ2) is 21.6. The molecule has 1 saturated heterocycles. The molecule has 12 nitrogen and oxygen atoms in total. The molecular weight excluding hydrogens is 825 g/mol. The fourth-order valence-electron chi connectivity index (χ4n) is 6.88. The van der Waals surface area contributed by atoms with Crippen LogP contribution in [0.5, 0.6) is 17.2 Å². The first-order chi connectivity index (χ1) is 31.2. The molecule has 5 aromatic carbocycles. The van der Waals surface area contributed by atoms with E-state index in [1.54, 1.807) is 24.3 Å². The van der Waals surface area contributed by atoms with E-state index in [2.05, 4.69) is 0 Å². The van der Waals surface area contributed by atoms with Crippen LogP contribution in [0.15, 0.2) is 115 Å². The molecule has 1 atom stereocenters. The van der Waals surface area contributed by atoms with Gasteiger partial charge in [-0.15, -0.1) is 0 Å². The molecule has 6 aromatic rings. The van der Waals surface area contributed by atoms with Crippen molar-refractivity contribution in [1.29, 1.82) is 0 Å². The molecule has 0 saturated carbocycles. The average molecular weight is 883 g/mol. The summed E-state index contributed by atoms with van der Waals surface area (Å²) in [7, 11) is 0. The number of carbonyl (C=O) groups is 2. The summed E-state index contributed by atoms with van der Waals surface area (Å²) < 4.78 is 46.8. The van der Waals surface area contributed by atoms with Gasteiger partial charge in [0, 0.05) is 23.8 Å². The number of hydrogen-bond acceptors (Lipinski definition) is 12. The van der Waals surface area contributed by atoms with Gasteiger partial charge >= 0.3 is 11.9 Å². The van der Waals surface area contributed by atoms with Gasteiger partial charge in [-0.05, 0) is 133 Å². The Labute approximate surface area is 381 Å². The predicted octanol–water partition coefficient (Wildman–Crippen LogP) is 11.0. The highest BCUT2D eigenvalue weighted by atomic mass is 16.7. The normalized spacial score (nSPS) is 14.2. The lowest BCUT2D eigenvalue weighted by atomic mass is 10.0. The van der Waals surface area contributed by atoms with Crippen molar-refractivity contribution in [3.63, 3.8) is 0 Å². The summed E-state index contributed by atoms with van der Waals surface area (Å²) >= 11 is 0. The number of esters is 2. The smallest absolute Gasteiger partial charge is 0.338 e. The van der Waals surface area contributed by atoms with E-state index in [4.69, 9.17) is 47.9 Å². The van der Waals surface area contributed by atoms with Crippen molar-refractivity contribution in [3.8, 4) is 39.8 Å². The molecule has 340 valence electrons. The van der Waals surface area contributed by atoms with Crippen molar-refractivity contribution in [3.05, 3.63) is 138 Å². The van der Waals surface area contributed by atoms with E-state index in [0.29, 0.717) is 77.2 Å². The van der Waals surface area contributed by atoms with E-state index in [1.165, 1.54) is 0 Å². The van der Waals surface area contributed by atoms with Crippen LogP contribution in [0.4, 0.5) is 0 Å². The maximum Gasteiger partial charge on any atom is 0.338 e. The van der Waals surface area contributed by atoms with Crippen molar-refractivity contribution in [2.75, 3.05) is 33.0 Å². The Morgan fingerprint density at radius 3 is 1.62 bits per heavy atom. The lowest BCUT2D eigenvalue weighted by Gasteiger charge is -2.22. The first kappa shape index (κ1) is 46.6. The van der Waals surface area contributed by atoms with Crippen molar-refractivity contribution in [2.45, 2.75) is 91.5 Å². The fourth-order valence-corrected chi connectivity index (χ4v) is 6.88. The van der Waals surface area contributed by atoms with Gasteiger partial charge in [-0.3, -0.25) is 0 Å². The minimum Gasteiger partial charge on any atom is -0.491 e. The third kappa shape index (κ3) is 14.1. The lowest BCUT2D eigenvalue weighted by Crippen LogP contribution is -2.24. The van der Waals surface area contributed by atoms with Gasteiger partial charge in [0.05, 0.1) is 53.4 Å². The van der Waals surface area contributed by atoms with Crippen LogP contribution in [-0.2, 0) is 36.9 Å². The monoisotopic (exact) mass is 882 g/mol. The molecule has 0 N–H and O–H groups in total. The Bertz CT molecular complexity index is 2520. The van der Waals surface area contributed by atoms with Crippen molar-refractivity contribution in [1.82, 2.24) is 9.97 Å². The third-order valence-corrected chi connectivity index (χ3v) is 10.0. The summed E-state index contributed by atoms with van der Waals surface area (Å²) in [4.78, 5) is 35.5. The number of nitrogens with zero attached hydrogens (tertiary/aromatic N) is 2. The Balaban J connectivity index is 1.08. The molecule has 0 aliphatic carbocycles. The van der Waals surface area contributed by atoms with Crippen LogP contribution in [0.1, 0.15) is 92.6 Å². The van der Waals surface area contributed by atoms with Crippen LogP contribution in [0.25, 0.3) is 33.5 Å². The largest absolute Gasteiger partial charge is 0.491 e. The summed E-state index contributed by atoms with van der Waals surface area (Å²) in [6, 6.07) is 35.6. The van der Waals surface area contributed by atoms with Gasteiger partial charge in [-0.25, -0.2) is 19.6 Å². The summed E-state index contributed by atoms with van der Waals surface area (Å²) in [5, 5.41) is 0. The molecule has 0 spiro atoms. The molecule has 1 aliphatic rings. The Morgan fingerprint density at radius 2 is 1.09 bits per heavy atom. The Hall–Kier alpha value is -6.34. The zero-order valence-electron chi connectivity index (χ0n) is 38.1. The van der Waals surface area contributed by atoms with Gasteiger partial charge in [-0.2, -0.15) is 0 Å². The number of carbonyl (C=O) groups excluding carboxylic acids is 2. The fraction of sp³-hybridized carbons (Fsp3) is 0.358. The van der Waals surface area contributed by atoms with Gasteiger partial charge in [0.1, 0.15) is 48.3 Å². The zero-order valence-corrected chi connectivity index (χ0v) is 38.1. The van der Waals surface area contributed by atoms with Crippen LogP contribution >= 0.6 is 0 Å². The number of rotatable bonds is 18. The molecule has 0 radical (unpaired) electrons. The van der Waals surface area contributed by atoms with Gasteiger partial charge in [0.2, 0.25) is 0 Å². The van der Waals surface area contributed by atoms with E-state index in [1.807, 2.05) is 133 Å². The molecular formula is C53H58N2O10. The van der Waals surface area contributed by atoms with Gasteiger partial charge in [0.15, 0.2) is 6.29 Å². The van der Waals surface area contributed by atoms with Crippen LogP contribution in [-0.4, -0.2) is 72.4 Å². The van der Waals surface area contributed by atoms with Crippen molar-refractivity contribution in [2.24, 2.45) is 0 Å². The molecule has 0 bridgehead atoms. The molecule has 0 amide bonds. The maximum absolute atomic E-state index is 12.6. The summed E-state index contributed by atoms with van der Waals surface area (Å²) in [5.74, 6) is 1.18. The van der Waals surface area contributed by atoms with Crippen molar-refractivity contribution < 1.29 is 47.5 Å². The average Bonchev–Trinajstić information content (AvgIpc) is 3.29. The van der Waals surface area contributed by atoms with Crippen LogP contribution in [0.2, 0.25) is 0 Å². The molecule has 12 heteroatoms. The van der Waals surface area contributed by atoms with E-state index < -0.39 is 11.2 Å². The van der Waals surface area contributed by atoms with E-state index in [0.717, 1.165) is 48.1 Å². The number of ether oxygens (including phenoxy) is 8. The molecule has 65 heavy (non-hydrogen) atoms. The highest BCUT2D eigenvalue weighted by Crippen LogP contribution is 2.35. The Morgan fingerprint density at radius 1 is 0.569 bits per heavy atom. The van der Waals surface area contributed by atoms with Gasteiger partial charge in [0.25, 0.3) is 0 Å². The molecule has 1 aliphatic heterocycles. The van der Waals surface area contributed by atoms with E-state index in [9.17, 15) is 9.59 Å². The van der Waals surface area contributed by atoms with E-state index >= 15 is 0 Å². The summed E-state index contributed by atoms with van der Waals surface area (Å²) in [6.07, 6.45) is 2.98. The van der Waals surface area contributed by atoms with E-state index in [-0.39, 0.29) is 31.4 Å². The van der Waals surface area contributed by atoms with Crippen LogP contribution in [0.3, 0.4) is 0 Å². The number of aromatic nitrogens is 2. The minimum atomic E-state index is -0.581. The maximum atomic E-state index is 12.6. The highest BCUT2D eigenvalue weighted by molar-refractivity contribution is 5.90. The zero-order chi connectivity index (χ0) is 45.8. The third-order valence-electron chi connectivity index (χ3n) is 10.0. The SMILES string of the molecule is CC(C)(C)OC(=O)c1ccc(COc2cccc(-c3nc4ccc(OCCOCCOC5CCCCO5)cc4nc3-c3cccc(OCc4ccc(C(=O)OC(C)(C)C)cc4)c3)c2)cc1. The molecule has 1 aromatic heterocycles. The standard InChI is InChI=1S/C53H58N2O10/c1-52(2,3)64-50(56)38-20-16-36(17-21-38)34-62-42-13-9-11-40(31-42)48-49(41-12-10-14-43(32-41)63-35-37-18-22-39(23-19-37)51(57)65-53(4,5)6)55-46-33-44(24-25-45(46)54-48)59-29-27-58-28-30-61-47-15-7-8-26-60-47/h9-14,16-25,31-33,47H,7-8,15,26-30,34-35H2,1-6H3. The lowest BCUT2D eigenvalue weighted by molar-refractivity contribution is -0.169. The van der Waals surface area contributed by atoms with Gasteiger partial charge < -0.3 is 37.9 Å². The van der Waals surface area contributed by atoms with Gasteiger partial charge in [-0.1, -0.05) is 48.5 Å². The quantitative estimate of drug-likeness (QED) is 0.0601. The molecule has 7 rings (SSSR count). The van der Waals surface area contributed by atoms with Crippen LogP contribution < -0.4 is 14.2 Å². The van der Waals surface area contributed by atoms with Crippen LogP contribution in [0, 0.1) is 0 Å². The van der Waals surface area contributed by atoms with Crippen molar-refractivity contribution >= 4 is 23.0 Å². The molecule has 1 unspecified atom stereocenters. The number of hydrogen-bond donors (Lipinski definition) is 0. The minimum absolute atomic E-state index is 0.139. The summed E-state index contributed by atoms with van der Waals surface area (Å²) in [5.41, 5.74) is 5.82. The number of benzene rings is 5. The topological polar surface area (TPSA) is 134 Å². The molecule has 1 fully saturated rings. The Kier molecular flexibility index (Phi) is 15.5. The number of fused-ring (bicyclic) bond motifs is 1.